The third-order valence-corrected chi connectivity index (χ3v) is 2.94. The minimum absolute atomic E-state index is 0.511. The molecule has 0 unspecified atom stereocenters. The summed E-state index contributed by atoms with van der Waals surface area (Å²) in [4.78, 5) is 2.39. The first-order valence-electron chi connectivity index (χ1n) is 5.35. The maximum absolute atomic E-state index is 5.75. The van der Waals surface area contributed by atoms with Crippen molar-refractivity contribution in [1.29, 1.82) is 0 Å². The fraction of sp³-hybridized carbons (Fsp3) is 0.700. The highest BCUT2D eigenvalue weighted by Gasteiger charge is 2.25. The summed E-state index contributed by atoms with van der Waals surface area (Å²) in [6.07, 6.45) is 4.33. The van der Waals surface area contributed by atoms with Gasteiger partial charge in [-0.25, -0.2) is 0 Å². The summed E-state index contributed by atoms with van der Waals surface area (Å²) in [5.41, 5.74) is 5.75. The van der Waals surface area contributed by atoms with Crippen molar-refractivity contribution in [2.75, 3.05) is 18.0 Å². The minimum atomic E-state index is 0.511. The number of aryl methyl sites for hydroxylation is 1. The first-order valence-corrected chi connectivity index (χ1v) is 5.35. The van der Waals surface area contributed by atoms with Crippen molar-refractivity contribution < 1.29 is 0 Å². The van der Waals surface area contributed by atoms with E-state index in [1.807, 2.05) is 10.9 Å². The Morgan fingerprint density at radius 2 is 2.50 bits per heavy atom. The quantitative estimate of drug-likeness (QED) is 0.775. The summed E-state index contributed by atoms with van der Waals surface area (Å²) in [6, 6.07) is 2.59. The minimum Gasteiger partial charge on any atom is -0.353 e. The van der Waals surface area contributed by atoms with E-state index in [1.165, 1.54) is 18.7 Å². The fourth-order valence-corrected chi connectivity index (χ4v) is 2.20. The van der Waals surface area contributed by atoms with Crippen LogP contribution in [0.15, 0.2) is 12.3 Å². The lowest BCUT2D eigenvalue weighted by atomic mass is 10.2. The van der Waals surface area contributed by atoms with Gasteiger partial charge >= 0.3 is 0 Å². The molecule has 4 heteroatoms. The largest absolute Gasteiger partial charge is 0.353 e. The van der Waals surface area contributed by atoms with Gasteiger partial charge in [0.15, 0.2) is 0 Å². The molecule has 1 saturated heterocycles. The molecule has 0 aliphatic carbocycles. The van der Waals surface area contributed by atoms with Gasteiger partial charge in [0.25, 0.3) is 0 Å². The predicted molar refractivity (Wildman–Crippen MR) is 57.3 cm³/mol. The second kappa shape index (κ2) is 4.00. The van der Waals surface area contributed by atoms with Crippen LogP contribution in [-0.2, 0) is 6.54 Å². The van der Waals surface area contributed by atoms with Gasteiger partial charge in [-0.05, 0) is 19.8 Å². The first kappa shape index (κ1) is 9.52. The number of anilines is 1. The zero-order valence-corrected chi connectivity index (χ0v) is 8.69. The van der Waals surface area contributed by atoms with Crippen molar-refractivity contribution in [2.45, 2.75) is 32.4 Å². The summed E-state index contributed by atoms with van der Waals surface area (Å²) in [7, 11) is 0. The Bertz CT molecular complexity index is 294. The van der Waals surface area contributed by atoms with Crippen LogP contribution in [0.1, 0.15) is 19.8 Å². The molecule has 0 aromatic carbocycles. The molecule has 4 nitrogen and oxygen atoms in total. The van der Waals surface area contributed by atoms with Crippen molar-refractivity contribution >= 4 is 5.82 Å². The van der Waals surface area contributed by atoms with E-state index in [0.717, 1.165) is 19.6 Å². The molecule has 78 valence electrons. The molecular formula is C10H18N4. The molecule has 14 heavy (non-hydrogen) atoms. The molecule has 2 heterocycles. The number of aromatic nitrogens is 2. The van der Waals surface area contributed by atoms with Gasteiger partial charge in [-0.1, -0.05) is 0 Å². The number of rotatable bonds is 3. The number of nitrogens with two attached hydrogens (primary N) is 1. The van der Waals surface area contributed by atoms with Gasteiger partial charge in [0, 0.05) is 31.7 Å². The van der Waals surface area contributed by atoms with Crippen LogP contribution in [-0.4, -0.2) is 28.9 Å². The van der Waals surface area contributed by atoms with Crippen molar-refractivity contribution in [3.05, 3.63) is 12.3 Å². The normalized spacial score (nSPS) is 21.9. The topological polar surface area (TPSA) is 47.1 Å². The zero-order valence-electron chi connectivity index (χ0n) is 8.69. The van der Waals surface area contributed by atoms with Crippen molar-refractivity contribution in [3.63, 3.8) is 0 Å². The Morgan fingerprint density at radius 1 is 1.64 bits per heavy atom. The van der Waals surface area contributed by atoms with E-state index in [2.05, 4.69) is 23.0 Å². The highest BCUT2D eigenvalue weighted by molar-refractivity contribution is 5.41. The predicted octanol–water partition coefficient (Wildman–Crippen LogP) is 0.831. The van der Waals surface area contributed by atoms with E-state index in [1.54, 1.807) is 0 Å². The Labute approximate surface area is 84.7 Å². The lowest BCUT2D eigenvalue weighted by molar-refractivity contribution is 0.611. The lowest BCUT2D eigenvalue weighted by Gasteiger charge is -2.25. The molecule has 2 rings (SSSR count). The van der Waals surface area contributed by atoms with Crippen LogP contribution in [0.3, 0.4) is 0 Å². The van der Waals surface area contributed by atoms with Crippen molar-refractivity contribution in [3.8, 4) is 0 Å². The summed E-state index contributed by atoms with van der Waals surface area (Å²) in [5, 5.41) is 4.28. The summed E-state index contributed by atoms with van der Waals surface area (Å²) >= 11 is 0. The molecule has 2 N–H and O–H groups in total. The third-order valence-electron chi connectivity index (χ3n) is 2.94. The SMILES string of the molecule is CCn1nccc1N1CCC[C@@H]1CN. The van der Waals surface area contributed by atoms with Gasteiger partial charge in [0.2, 0.25) is 0 Å². The zero-order chi connectivity index (χ0) is 9.97. The molecule has 1 aliphatic rings. The molecule has 1 aliphatic heterocycles. The molecule has 1 atom stereocenters. The van der Waals surface area contributed by atoms with E-state index in [-0.39, 0.29) is 0 Å². The van der Waals surface area contributed by atoms with Crippen LogP contribution < -0.4 is 10.6 Å². The van der Waals surface area contributed by atoms with E-state index in [4.69, 9.17) is 5.73 Å². The maximum atomic E-state index is 5.75. The van der Waals surface area contributed by atoms with E-state index < -0.39 is 0 Å². The van der Waals surface area contributed by atoms with E-state index >= 15 is 0 Å². The van der Waals surface area contributed by atoms with Crippen LogP contribution in [0.4, 0.5) is 5.82 Å². The molecule has 1 aromatic rings. The average molecular weight is 194 g/mol. The highest BCUT2D eigenvalue weighted by atomic mass is 15.4. The number of nitrogens with zero attached hydrogens (tertiary/aromatic N) is 3. The molecule has 0 saturated carbocycles. The highest BCUT2D eigenvalue weighted by Crippen LogP contribution is 2.24. The second-order valence-corrected chi connectivity index (χ2v) is 3.73. The lowest BCUT2D eigenvalue weighted by Crippen LogP contribution is -2.36. The number of hydrogen-bond donors (Lipinski definition) is 1. The molecule has 1 aromatic heterocycles. The Morgan fingerprint density at radius 3 is 3.21 bits per heavy atom. The Balaban J connectivity index is 2.21. The van der Waals surface area contributed by atoms with Crippen molar-refractivity contribution in [2.24, 2.45) is 5.73 Å². The summed E-state index contributed by atoms with van der Waals surface area (Å²) in [5.74, 6) is 1.22. The number of hydrogen-bond acceptors (Lipinski definition) is 3. The fourth-order valence-electron chi connectivity index (χ4n) is 2.20. The molecule has 0 bridgehead atoms. The van der Waals surface area contributed by atoms with Gasteiger partial charge in [0.05, 0.1) is 6.20 Å². The first-order chi connectivity index (χ1) is 6.86. The van der Waals surface area contributed by atoms with Crippen LogP contribution >= 0.6 is 0 Å². The summed E-state index contributed by atoms with van der Waals surface area (Å²) in [6.45, 7) is 4.91. The van der Waals surface area contributed by atoms with Gasteiger partial charge in [-0.2, -0.15) is 5.10 Å². The van der Waals surface area contributed by atoms with E-state index in [0.29, 0.717) is 6.04 Å². The average Bonchev–Trinajstić information content (AvgIpc) is 2.85. The van der Waals surface area contributed by atoms with Crippen LogP contribution in [0, 0.1) is 0 Å². The van der Waals surface area contributed by atoms with Crippen LogP contribution in [0.25, 0.3) is 0 Å². The standard InChI is InChI=1S/C10H18N4/c1-2-14-10(5-6-12-14)13-7-3-4-9(13)8-11/h5-6,9H,2-4,7-8,11H2,1H3/t9-/m1/s1. The van der Waals surface area contributed by atoms with Gasteiger partial charge in [-0.3, -0.25) is 4.68 Å². The third kappa shape index (κ3) is 1.50. The monoisotopic (exact) mass is 194 g/mol. The van der Waals surface area contributed by atoms with Gasteiger partial charge < -0.3 is 10.6 Å². The van der Waals surface area contributed by atoms with Gasteiger partial charge in [0.1, 0.15) is 5.82 Å². The van der Waals surface area contributed by atoms with Gasteiger partial charge in [-0.15, -0.1) is 0 Å². The van der Waals surface area contributed by atoms with E-state index in [9.17, 15) is 0 Å². The molecule has 0 spiro atoms. The smallest absolute Gasteiger partial charge is 0.127 e. The molecule has 0 amide bonds. The molecule has 0 radical (unpaired) electrons. The van der Waals surface area contributed by atoms with Crippen LogP contribution in [0.2, 0.25) is 0 Å². The summed E-state index contributed by atoms with van der Waals surface area (Å²) < 4.78 is 2.04. The maximum Gasteiger partial charge on any atom is 0.127 e. The Kier molecular flexibility index (Phi) is 2.72. The molecule has 1 fully saturated rings. The Hall–Kier alpha value is -1.03. The van der Waals surface area contributed by atoms with Crippen LogP contribution in [0.5, 0.6) is 0 Å². The van der Waals surface area contributed by atoms with Crippen molar-refractivity contribution in [1.82, 2.24) is 9.78 Å². The second-order valence-electron chi connectivity index (χ2n) is 3.73. The molecular weight excluding hydrogens is 176 g/mol.